The third kappa shape index (κ3) is 6.19. The van der Waals surface area contributed by atoms with Crippen LogP contribution in [0.5, 0.6) is 0 Å². The Balaban J connectivity index is 4.18. The zero-order valence-corrected chi connectivity index (χ0v) is 9.90. The number of rotatable bonds is 8. The molecule has 0 aliphatic rings. The van der Waals surface area contributed by atoms with Gasteiger partial charge in [0, 0.05) is 13.7 Å². The number of esters is 1. The highest BCUT2D eigenvalue weighted by atomic mass is 16.5. The van der Waals surface area contributed by atoms with Gasteiger partial charge in [-0.2, -0.15) is 0 Å². The molecule has 5 heteroatoms. The number of ether oxygens (including phenoxy) is 2. The van der Waals surface area contributed by atoms with Crippen molar-refractivity contribution in [2.24, 2.45) is 0 Å². The smallest absolute Gasteiger partial charge is 0.325 e. The number of carbonyl (C=O) groups excluding carboxylic acids is 2. The first kappa shape index (κ1) is 14.6. The lowest BCUT2D eigenvalue weighted by Gasteiger charge is -2.19. The molecule has 5 nitrogen and oxygen atoms in total. The standard InChI is InChI=1S/C11H19NO4/c1-4-7-12(9-11(14)16-5-2)10(13)6-8-15-3/h4H,1,5-9H2,2-3H3. The molecule has 0 aliphatic heterocycles. The fourth-order valence-electron chi connectivity index (χ4n) is 1.12. The maximum Gasteiger partial charge on any atom is 0.325 e. The second-order valence-corrected chi connectivity index (χ2v) is 3.11. The molecule has 1 amide bonds. The summed E-state index contributed by atoms with van der Waals surface area (Å²) in [6, 6.07) is 0. The van der Waals surface area contributed by atoms with Gasteiger partial charge in [-0.05, 0) is 6.92 Å². The third-order valence-electron chi connectivity index (χ3n) is 1.85. The summed E-state index contributed by atoms with van der Waals surface area (Å²) in [5.41, 5.74) is 0. The van der Waals surface area contributed by atoms with Crippen LogP contribution in [0.3, 0.4) is 0 Å². The highest BCUT2D eigenvalue weighted by molar-refractivity contribution is 5.82. The number of hydrogen-bond donors (Lipinski definition) is 0. The van der Waals surface area contributed by atoms with Crippen LogP contribution in [-0.2, 0) is 19.1 Å². The Labute approximate surface area is 96.0 Å². The number of hydrogen-bond acceptors (Lipinski definition) is 4. The molecule has 0 unspecified atom stereocenters. The minimum absolute atomic E-state index is 0.0393. The minimum atomic E-state index is -0.407. The molecule has 0 aromatic heterocycles. The maximum atomic E-state index is 11.6. The Bertz CT molecular complexity index is 240. The van der Waals surface area contributed by atoms with E-state index in [1.165, 1.54) is 12.0 Å². The van der Waals surface area contributed by atoms with Crippen LogP contribution >= 0.6 is 0 Å². The van der Waals surface area contributed by atoms with Crippen LogP contribution < -0.4 is 0 Å². The van der Waals surface area contributed by atoms with E-state index in [1.54, 1.807) is 13.0 Å². The third-order valence-corrected chi connectivity index (χ3v) is 1.85. The average Bonchev–Trinajstić information content (AvgIpc) is 2.25. The Kier molecular flexibility index (Phi) is 8.15. The van der Waals surface area contributed by atoms with Gasteiger partial charge >= 0.3 is 5.97 Å². The van der Waals surface area contributed by atoms with Gasteiger partial charge in [-0.15, -0.1) is 6.58 Å². The molecule has 0 saturated heterocycles. The summed E-state index contributed by atoms with van der Waals surface area (Å²) in [5, 5.41) is 0. The largest absolute Gasteiger partial charge is 0.465 e. The predicted octanol–water partition coefficient (Wildman–Crippen LogP) is 0.601. The molecule has 0 aliphatic carbocycles. The lowest BCUT2D eigenvalue weighted by Crippen LogP contribution is -2.37. The molecule has 0 rings (SSSR count). The fraction of sp³-hybridized carbons (Fsp3) is 0.636. The van der Waals surface area contributed by atoms with Crippen molar-refractivity contribution < 1.29 is 19.1 Å². The van der Waals surface area contributed by atoms with Crippen molar-refractivity contribution in [3.05, 3.63) is 12.7 Å². The van der Waals surface area contributed by atoms with E-state index in [-0.39, 0.29) is 18.9 Å². The van der Waals surface area contributed by atoms with Crippen LogP contribution in [-0.4, -0.2) is 50.2 Å². The van der Waals surface area contributed by atoms with Crippen LogP contribution in [0.4, 0.5) is 0 Å². The molecule has 16 heavy (non-hydrogen) atoms. The van der Waals surface area contributed by atoms with E-state index in [0.717, 1.165) is 0 Å². The molecule has 0 bridgehead atoms. The van der Waals surface area contributed by atoms with Crippen LogP contribution in [0.2, 0.25) is 0 Å². The van der Waals surface area contributed by atoms with Crippen molar-refractivity contribution in [2.45, 2.75) is 13.3 Å². The van der Waals surface area contributed by atoms with Gasteiger partial charge in [0.2, 0.25) is 5.91 Å². The van der Waals surface area contributed by atoms with Gasteiger partial charge in [0.15, 0.2) is 0 Å². The number of methoxy groups -OCH3 is 1. The SMILES string of the molecule is C=CCN(CC(=O)OCC)C(=O)CCOC. The summed E-state index contributed by atoms with van der Waals surface area (Å²) >= 11 is 0. The van der Waals surface area contributed by atoms with Crippen LogP contribution in [0.1, 0.15) is 13.3 Å². The quantitative estimate of drug-likeness (QED) is 0.452. The van der Waals surface area contributed by atoms with E-state index in [2.05, 4.69) is 6.58 Å². The van der Waals surface area contributed by atoms with E-state index < -0.39 is 5.97 Å². The second-order valence-electron chi connectivity index (χ2n) is 3.11. The van der Waals surface area contributed by atoms with Gasteiger partial charge in [-0.3, -0.25) is 9.59 Å². The van der Waals surface area contributed by atoms with E-state index in [4.69, 9.17) is 9.47 Å². The topological polar surface area (TPSA) is 55.8 Å². The molecule has 0 spiro atoms. The van der Waals surface area contributed by atoms with Crippen LogP contribution in [0.25, 0.3) is 0 Å². The lowest BCUT2D eigenvalue weighted by atomic mass is 10.3. The van der Waals surface area contributed by atoms with Gasteiger partial charge in [0.1, 0.15) is 6.54 Å². The second kappa shape index (κ2) is 8.91. The van der Waals surface area contributed by atoms with Crippen LogP contribution in [0, 0.1) is 0 Å². The monoisotopic (exact) mass is 229 g/mol. The van der Waals surface area contributed by atoms with Gasteiger partial charge in [0.05, 0.1) is 19.6 Å². The molecular weight excluding hydrogens is 210 g/mol. The zero-order chi connectivity index (χ0) is 12.4. The molecule has 92 valence electrons. The molecule has 0 aromatic rings. The average molecular weight is 229 g/mol. The van der Waals surface area contributed by atoms with Gasteiger partial charge in [-0.25, -0.2) is 0 Å². The molecule has 0 heterocycles. The highest BCUT2D eigenvalue weighted by Crippen LogP contribution is 1.96. The van der Waals surface area contributed by atoms with E-state index in [1.807, 2.05) is 0 Å². The molecule has 0 N–H and O–H groups in total. The first-order chi connectivity index (χ1) is 7.65. The van der Waals surface area contributed by atoms with E-state index >= 15 is 0 Å². The minimum Gasteiger partial charge on any atom is -0.465 e. The highest BCUT2D eigenvalue weighted by Gasteiger charge is 2.15. The Morgan fingerprint density at radius 1 is 1.44 bits per heavy atom. The van der Waals surface area contributed by atoms with Crippen molar-refractivity contribution >= 4 is 11.9 Å². The van der Waals surface area contributed by atoms with E-state index in [9.17, 15) is 9.59 Å². The van der Waals surface area contributed by atoms with Crippen molar-refractivity contribution in [2.75, 3.05) is 33.4 Å². The zero-order valence-electron chi connectivity index (χ0n) is 9.90. The first-order valence-corrected chi connectivity index (χ1v) is 5.18. The first-order valence-electron chi connectivity index (χ1n) is 5.18. The maximum absolute atomic E-state index is 11.6. The molecule has 0 fully saturated rings. The van der Waals surface area contributed by atoms with Crippen molar-refractivity contribution in [3.63, 3.8) is 0 Å². The summed E-state index contributed by atoms with van der Waals surface area (Å²) in [6.45, 7) is 6.21. The molecule has 0 radical (unpaired) electrons. The summed E-state index contributed by atoms with van der Waals surface area (Å²) in [4.78, 5) is 24.2. The molecule has 0 saturated carbocycles. The number of amides is 1. The van der Waals surface area contributed by atoms with Crippen molar-refractivity contribution in [1.82, 2.24) is 4.90 Å². The Hall–Kier alpha value is -1.36. The summed E-state index contributed by atoms with van der Waals surface area (Å²) in [5.74, 6) is -0.551. The van der Waals surface area contributed by atoms with Crippen LogP contribution in [0.15, 0.2) is 12.7 Å². The number of nitrogens with zero attached hydrogens (tertiary/aromatic N) is 1. The van der Waals surface area contributed by atoms with Gasteiger partial charge < -0.3 is 14.4 Å². The van der Waals surface area contributed by atoms with Crippen molar-refractivity contribution in [1.29, 1.82) is 0 Å². The molecule has 0 aromatic carbocycles. The summed E-state index contributed by atoms with van der Waals surface area (Å²) in [6.07, 6.45) is 1.83. The molecule has 0 atom stereocenters. The molecular formula is C11H19NO4. The summed E-state index contributed by atoms with van der Waals surface area (Å²) < 4.78 is 9.58. The van der Waals surface area contributed by atoms with Gasteiger partial charge in [-0.1, -0.05) is 6.08 Å². The predicted molar refractivity (Wildman–Crippen MR) is 59.9 cm³/mol. The van der Waals surface area contributed by atoms with Gasteiger partial charge in [0.25, 0.3) is 0 Å². The number of carbonyl (C=O) groups is 2. The Morgan fingerprint density at radius 2 is 2.12 bits per heavy atom. The lowest BCUT2D eigenvalue weighted by molar-refractivity contribution is -0.148. The normalized spacial score (nSPS) is 9.62. The fourth-order valence-corrected chi connectivity index (χ4v) is 1.12. The van der Waals surface area contributed by atoms with Crippen molar-refractivity contribution in [3.8, 4) is 0 Å². The summed E-state index contributed by atoms with van der Waals surface area (Å²) in [7, 11) is 1.52. The Morgan fingerprint density at radius 3 is 2.62 bits per heavy atom. The van der Waals surface area contributed by atoms with E-state index in [0.29, 0.717) is 19.8 Å².